The Morgan fingerprint density at radius 2 is 2.00 bits per heavy atom. The van der Waals surface area contributed by atoms with Gasteiger partial charge < -0.3 is 9.47 Å². The van der Waals surface area contributed by atoms with Crippen molar-refractivity contribution >= 4 is 27.5 Å². The van der Waals surface area contributed by atoms with Crippen molar-refractivity contribution in [1.82, 2.24) is 0 Å². The van der Waals surface area contributed by atoms with Crippen molar-refractivity contribution in [2.45, 2.75) is 13.2 Å². The van der Waals surface area contributed by atoms with Gasteiger partial charge in [-0.3, -0.25) is 0 Å². The Labute approximate surface area is 96.3 Å². The van der Waals surface area contributed by atoms with E-state index < -0.39 is 0 Å². The molecular weight excluding hydrogens is 267 g/mol. The zero-order valence-corrected chi connectivity index (χ0v) is 10.1. The van der Waals surface area contributed by atoms with Crippen LogP contribution in [0, 0.1) is 6.92 Å². The standard InChI is InChI=1S/C10H10BrClO2/c1-6-8(10-13-2-3-14-10)4-7(12)5-9(6)11/h4-5,10H,2-3H2,1H3. The monoisotopic (exact) mass is 276 g/mol. The summed E-state index contributed by atoms with van der Waals surface area (Å²) in [5.41, 5.74) is 2.11. The van der Waals surface area contributed by atoms with E-state index in [1.54, 1.807) is 0 Å². The molecule has 0 aromatic heterocycles. The van der Waals surface area contributed by atoms with E-state index >= 15 is 0 Å². The summed E-state index contributed by atoms with van der Waals surface area (Å²) in [7, 11) is 0. The fraction of sp³-hybridized carbons (Fsp3) is 0.400. The molecule has 1 aromatic carbocycles. The zero-order chi connectivity index (χ0) is 10.1. The zero-order valence-electron chi connectivity index (χ0n) is 7.72. The van der Waals surface area contributed by atoms with Gasteiger partial charge in [0.1, 0.15) is 0 Å². The largest absolute Gasteiger partial charge is 0.346 e. The lowest BCUT2D eigenvalue weighted by Crippen LogP contribution is -2.01. The summed E-state index contributed by atoms with van der Waals surface area (Å²) >= 11 is 9.41. The van der Waals surface area contributed by atoms with Crippen LogP contribution in [0.15, 0.2) is 16.6 Å². The smallest absolute Gasteiger partial charge is 0.184 e. The molecule has 0 amide bonds. The first-order valence-corrected chi connectivity index (χ1v) is 5.54. The molecule has 76 valence electrons. The third kappa shape index (κ3) is 1.96. The molecular formula is C10H10BrClO2. The Kier molecular flexibility index (Phi) is 3.12. The quantitative estimate of drug-likeness (QED) is 0.783. The molecule has 1 fully saturated rings. The van der Waals surface area contributed by atoms with Gasteiger partial charge >= 0.3 is 0 Å². The Balaban J connectivity index is 2.40. The van der Waals surface area contributed by atoms with Crippen molar-refractivity contribution in [3.05, 3.63) is 32.8 Å². The summed E-state index contributed by atoms with van der Waals surface area (Å²) in [5.74, 6) is 0. The van der Waals surface area contributed by atoms with E-state index in [1.807, 2.05) is 19.1 Å². The summed E-state index contributed by atoms with van der Waals surface area (Å²) in [6, 6.07) is 3.76. The van der Waals surface area contributed by atoms with E-state index in [4.69, 9.17) is 21.1 Å². The van der Waals surface area contributed by atoms with Crippen LogP contribution < -0.4 is 0 Å². The second-order valence-electron chi connectivity index (χ2n) is 3.18. The van der Waals surface area contributed by atoms with Crippen LogP contribution in [0.5, 0.6) is 0 Å². The van der Waals surface area contributed by atoms with Gasteiger partial charge in [-0.2, -0.15) is 0 Å². The molecule has 0 radical (unpaired) electrons. The van der Waals surface area contributed by atoms with Gasteiger partial charge in [0.25, 0.3) is 0 Å². The van der Waals surface area contributed by atoms with E-state index in [9.17, 15) is 0 Å². The highest BCUT2D eigenvalue weighted by molar-refractivity contribution is 9.10. The van der Waals surface area contributed by atoms with Crippen molar-refractivity contribution in [2.24, 2.45) is 0 Å². The van der Waals surface area contributed by atoms with E-state index in [2.05, 4.69) is 15.9 Å². The summed E-state index contributed by atoms with van der Waals surface area (Å²) in [4.78, 5) is 0. The lowest BCUT2D eigenvalue weighted by Gasteiger charge is -2.14. The van der Waals surface area contributed by atoms with Gasteiger partial charge in [0.05, 0.1) is 13.2 Å². The van der Waals surface area contributed by atoms with Crippen LogP contribution in [0.4, 0.5) is 0 Å². The molecule has 1 aliphatic rings. The van der Waals surface area contributed by atoms with Gasteiger partial charge in [-0.25, -0.2) is 0 Å². The fourth-order valence-corrected chi connectivity index (χ4v) is 2.28. The maximum atomic E-state index is 5.96. The number of hydrogen-bond acceptors (Lipinski definition) is 2. The minimum atomic E-state index is -0.259. The predicted octanol–water partition coefficient (Wildman–Crippen LogP) is 3.46. The van der Waals surface area contributed by atoms with Gasteiger partial charge in [0.15, 0.2) is 6.29 Å². The molecule has 0 spiro atoms. The minimum Gasteiger partial charge on any atom is -0.346 e. The van der Waals surface area contributed by atoms with E-state index in [0.29, 0.717) is 18.2 Å². The van der Waals surface area contributed by atoms with E-state index in [-0.39, 0.29) is 6.29 Å². The summed E-state index contributed by atoms with van der Waals surface area (Å²) < 4.78 is 11.8. The third-order valence-electron chi connectivity index (χ3n) is 2.22. The second-order valence-corrected chi connectivity index (χ2v) is 4.47. The van der Waals surface area contributed by atoms with Crippen molar-refractivity contribution < 1.29 is 9.47 Å². The molecule has 2 rings (SSSR count). The van der Waals surface area contributed by atoms with Crippen LogP contribution in [0.3, 0.4) is 0 Å². The van der Waals surface area contributed by atoms with E-state index in [1.165, 1.54) is 0 Å². The van der Waals surface area contributed by atoms with Crippen LogP contribution in [-0.4, -0.2) is 13.2 Å². The average molecular weight is 278 g/mol. The number of hydrogen-bond donors (Lipinski definition) is 0. The molecule has 2 nitrogen and oxygen atoms in total. The summed E-state index contributed by atoms with van der Waals surface area (Å²) in [6.07, 6.45) is -0.259. The molecule has 4 heteroatoms. The molecule has 0 atom stereocenters. The highest BCUT2D eigenvalue weighted by Gasteiger charge is 2.21. The van der Waals surface area contributed by atoms with Crippen molar-refractivity contribution in [2.75, 3.05) is 13.2 Å². The van der Waals surface area contributed by atoms with Crippen molar-refractivity contribution in [3.8, 4) is 0 Å². The number of rotatable bonds is 1. The fourth-order valence-electron chi connectivity index (χ4n) is 1.45. The number of benzene rings is 1. The minimum absolute atomic E-state index is 0.259. The Bertz CT molecular complexity index is 348. The van der Waals surface area contributed by atoms with Crippen LogP contribution in [0.25, 0.3) is 0 Å². The molecule has 0 saturated carbocycles. The van der Waals surface area contributed by atoms with Crippen LogP contribution in [-0.2, 0) is 9.47 Å². The topological polar surface area (TPSA) is 18.5 Å². The SMILES string of the molecule is Cc1c(Br)cc(Cl)cc1C1OCCO1. The first kappa shape index (κ1) is 10.4. The predicted molar refractivity (Wildman–Crippen MR) is 58.5 cm³/mol. The molecule has 1 saturated heterocycles. The molecule has 0 unspecified atom stereocenters. The van der Waals surface area contributed by atoms with Gasteiger partial charge in [-0.15, -0.1) is 0 Å². The molecule has 14 heavy (non-hydrogen) atoms. The van der Waals surface area contributed by atoms with Gasteiger partial charge in [-0.1, -0.05) is 27.5 Å². The number of ether oxygens (including phenoxy) is 2. The first-order valence-electron chi connectivity index (χ1n) is 4.37. The lowest BCUT2D eigenvalue weighted by molar-refractivity contribution is -0.0445. The van der Waals surface area contributed by atoms with Crippen molar-refractivity contribution in [1.29, 1.82) is 0 Å². The maximum absolute atomic E-state index is 5.96. The molecule has 0 N–H and O–H groups in total. The molecule has 1 aromatic rings. The van der Waals surface area contributed by atoms with Crippen LogP contribution in [0.2, 0.25) is 5.02 Å². The van der Waals surface area contributed by atoms with Crippen LogP contribution >= 0.6 is 27.5 Å². The van der Waals surface area contributed by atoms with Gasteiger partial charge in [-0.05, 0) is 24.6 Å². The third-order valence-corrected chi connectivity index (χ3v) is 3.27. The summed E-state index contributed by atoms with van der Waals surface area (Å²) in [5, 5.41) is 0.691. The molecule has 0 aliphatic carbocycles. The summed E-state index contributed by atoms with van der Waals surface area (Å²) in [6.45, 7) is 3.31. The van der Waals surface area contributed by atoms with Gasteiger partial charge in [0.2, 0.25) is 0 Å². The maximum Gasteiger partial charge on any atom is 0.184 e. The molecule has 0 bridgehead atoms. The molecule has 1 aliphatic heterocycles. The average Bonchev–Trinajstić information content (AvgIpc) is 2.63. The Morgan fingerprint density at radius 3 is 2.64 bits per heavy atom. The lowest BCUT2D eigenvalue weighted by atomic mass is 10.1. The second kappa shape index (κ2) is 4.19. The normalized spacial score (nSPS) is 17.6. The van der Waals surface area contributed by atoms with Gasteiger partial charge in [0, 0.05) is 15.1 Å². The van der Waals surface area contributed by atoms with E-state index in [0.717, 1.165) is 15.6 Å². The molecule has 1 heterocycles. The van der Waals surface area contributed by atoms with Crippen LogP contribution in [0.1, 0.15) is 17.4 Å². The first-order chi connectivity index (χ1) is 6.68. The highest BCUT2D eigenvalue weighted by Crippen LogP contribution is 2.32. The Morgan fingerprint density at radius 1 is 1.36 bits per heavy atom. The number of halogens is 2. The van der Waals surface area contributed by atoms with Crippen molar-refractivity contribution in [3.63, 3.8) is 0 Å². The highest BCUT2D eigenvalue weighted by atomic mass is 79.9. The Hall–Kier alpha value is -0.0900.